The Morgan fingerprint density at radius 3 is 2.48 bits per heavy atom. The minimum atomic E-state index is -0.257. The van der Waals surface area contributed by atoms with Gasteiger partial charge in [0.25, 0.3) is 0 Å². The zero-order chi connectivity index (χ0) is 23.0. The van der Waals surface area contributed by atoms with Gasteiger partial charge in [0.1, 0.15) is 23.4 Å². The summed E-state index contributed by atoms with van der Waals surface area (Å²) in [5.41, 5.74) is 0.636. The Hall–Kier alpha value is -3.39. The molecule has 1 saturated heterocycles. The first-order valence-corrected chi connectivity index (χ1v) is 11.1. The third kappa shape index (κ3) is 6.32. The molecule has 2 aromatic carbocycles. The highest BCUT2D eigenvalue weighted by atomic mass is 35.5. The predicted molar refractivity (Wildman–Crippen MR) is 123 cm³/mol. The molecule has 2 heterocycles. The SMILES string of the molecule is O=C(Nc1nccnc1Cl)N1CCC(Oc2ccc(OCCc3ccccc3F)cc2)CC1. The molecule has 0 aliphatic carbocycles. The summed E-state index contributed by atoms with van der Waals surface area (Å²) in [4.78, 5) is 22.1. The van der Waals surface area contributed by atoms with E-state index in [-0.39, 0.29) is 28.9 Å². The van der Waals surface area contributed by atoms with Gasteiger partial charge < -0.3 is 14.4 Å². The van der Waals surface area contributed by atoms with Crippen LogP contribution in [0.1, 0.15) is 18.4 Å². The Kier molecular flexibility index (Phi) is 7.57. The lowest BCUT2D eigenvalue weighted by Crippen LogP contribution is -2.43. The molecule has 4 rings (SSSR count). The molecular weight excluding hydrogens is 447 g/mol. The fourth-order valence-corrected chi connectivity index (χ4v) is 3.70. The van der Waals surface area contributed by atoms with Crippen LogP contribution in [0.15, 0.2) is 60.9 Å². The second-order valence-corrected chi connectivity index (χ2v) is 7.95. The number of carbonyl (C=O) groups excluding carboxylic acids is 1. The van der Waals surface area contributed by atoms with Gasteiger partial charge in [0.2, 0.25) is 0 Å². The number of halogens is 2. The van der Waals surface area contributed by atoms with Crippen molar-refractivity contribution in [3.05, 3.63) is 77.5 Å². The topological polar surface area (TPSA) is 76.6 Å². The summed E-state index contributed by atoms with van der Waals surface area (Å²) in [6.45, 7) is 1.51. The first kappa shape index (κ1) is 22.8. The van der Waals surface area contributed by atoms with E-state index in [0.29, 0.717) is 50.3 Å². The second kappa shape index (κ2) is 11.0. The third-order valence-electron chi connectivity index (χ3n) is 5.33. The van der Waals surface area contributed by atoms with E-state index in [1.165, 1.54) is 18.5 Å². The van der Waals surface area contributed by atoms with Crippen molar-refractivity contribution in [3.8, 4) is 11.5 Å². The molecule has 172 valence electrons. The number of ether oxygens (including phenoxy) is 2. The largest absolute Gasteiger partial charge is 0.493 e. The fraction of sp³-hybridized carbons (Fsp3) is 0.292. The zero-order valence-corrected chi connectivity index (χ0v) is 18.7. The Morgan fingerprint density at radius 2 is 1.76 bits per heavy atom. The van der Waals surface area contributed by atoms with Crippen LogP contribution < -0.4 is 14.8 Å². The molecule has 0 bridgehead atoms. The van der Waals surface area contributed by atoms with E-state index in [9.17, 15) is 9.18 Å². The van der Waals surface area contributed by atoms with Crippen molar-refractivity contribution in [2.45, 2.75) is 25.4 Å². The van der Waals surface area contributed by atoms with E-state index in [1.54, 1.807) is 17.0 Å². The lowest BCUT2D eigenvalue weighted by Gasteiger charge is -2.32. The number of likely N-dealkylation sites (tertiary alicyclic amines) is 1. The minimum absolute atomic E-state index is 0.0157. The highest BCUT2D eigenvalue weighted by Crippen LogP contribution is 2.23. The minimum Gasteiger partial charge on any atom is -0.493 e. The molecular formula is C24H24ClFN4O3. The van der Waals surface area contributed by atoms with Gasteiger partial charge >= 0.3 is 6.03 Å². The Bertz CT molecular complexity index is 1080. The molecule has 0 spiro atoms. The molecule has 0 atom stereocenters. The van der Waals surface area contributed by atoms with Crippen molar-refractivity contribution in [2.75, 3.05) is 25.0 Å². The van der Waals surface area contributed by atoms with Gasteiger partial charge in [-0.15, -0.1) is 0 Å². The van der Waals surface area contributed by atoms with Crippen LogP contribution in [0.5, 0.6) is 11.5 Å². The predicted octanol–water partition coefficient (Wildman–Crippen LogP) is 4.97. The molecule has 0 saturated carbocycles. The number of hydrogen-bond acceptors (Lipinski definition) is 5. The normalized spacial score (nSPS) is 14.1. The fourth-order valence-electron chi connectivity index (χ4n) is 3.55. The van der Waals surface area contributed by atoms with Crippen molar-refractivity contribution in [3.63, 3.8) is 0 Å². The molecule has 1 aliphatic heterocycles. The van der Waals surface area contributed by atoms with Crippen LogP contribution in [-0.4, -0.2) is 46.7 Å². The average molecular weight is 471 g/mol. The van der Waals surface area contributed by atoms with E-state index in [2.05, 4.69) is 15.3 Å². The molecule has 9 heteroatoms. The Labute approximate surface area is 196 Å². The van der Waals surface area contributed by atoms with Crippen LogP contribution in [0, 0.1) is 5.82 Å². The molecule has 1 aromatic heterocycles. The maximum absolute atomic E-state index is 13.7. The van der Waals surface area contributed by atoms with Crippen molar-refractivity contribution in [1.29, 1.82) is 0 Å². The van der Waals surface area contributed by atoms with Crippen LogP contribution in [0.3, 0.4) is 0 Å². The van der Waals surface area contributed by atoms with E-state index in [1.807, 2.05) is 30.3 Å². The first-order valence-electron chi connectivity index (χ1n) is 10.7. The van der Waals surface area contributed by atoms with E-state index >= 15 is 0 Å². The van der Waals surface area contributed by atoms with Gasteiger partial charge in [-0.05, 0) is 35.9 Å². The molecule has 0 radical (unpaired) electrons. The van der Waals surface area contributed by atoms with Crippen molar-refractivity contribution in [1.82, 2.24) is 14.9 Å². The van der Waals surface area contributed by atoms with Crippen LogP contribution in [0.25, 0.3) is 0 Å². The zero-order valence-electron chi connectivity index (χ0n) is 17.9. The summed E-state index contributed by atoms with van der Waals surface area (Å²) in [7, 11) is 0. The van der Waals surface area contributed by atoms with Crippen molar-refractivity contribution in [2.24, 2.45) is 0 Å². The average Bonchev–Trinajstić information content (AvgIpc) is 2.83. The third-order valence-corrected chi connectivity index (χ3v) is 5.61. The number of nitrogens with one attached hydrogen (secondary N) is 1. The maximum atomic E-state index is 13.7. The number of anilines is 1. The van der Waals surface area contributed by atoms with Crippen LogP contribution in [-0.2, 0) is 6.42 Å². The van der Waals surface area contributed by atoms with Gasteiger partial charge in [-0.25, -0.2) is 19.2 Å². The lowest BCUT2D eigenvalue weighted by molar-refractivity contribution is 0.115. The summed E-state index contributed by atoms with van der Waals surface area (Å²) < 4.78 is 25.4. The number of amides is 2. The molecule has 33 heavy (non-hydrogen) atoms. The van der Waals surface area contributed by atoms with Gasteiger partial charge in [0.15, 0.2) is 11.0 Å². The molecule has 1 aliphatic rings. The smallest absolute Gasteiger partial charge is 0.323 e. The van der Waals surface area contributed by atoms with Crippen molar-refractivity contribution >= 4 is 23.4 Å². The summed E-state index contributed by atoms with van der Waals surface area (Å²) in [6.07, 6.45) is 4.87. The number of hydrogen-bond donors (Lipinski definition) is 1. The number of aromatic nitrogens is 2. The molecule has 0 unspecified atom stereocenters. The first-order chi connectivity index (χ1) is 16.1. The van der Waals surface area contributed by atoms with Gasteiger partial charge in [0.05, 0.1) is 6.61 Å². The molecule has 3 aromatic rings. The summed E-state index contributed by atoms with van der Waals surface area (Å²) >= 11 is 5.94. The molecule has 7 nitrogen and oxygen atoms in total. The Morgan fingerprint density at radius 1 is 1.06 bits per heavy atom. The number of piperidine rings is 1. The van der Waals surface area contributed by atoms with Gasteiger partial charge in [-0.3, -0.25) is 5.32 Å². The number of benzene rings is 2. The maximum Gasteiger partial charge on any atom is 0.323 e. The number of urea groups is 1. The molecule has 1 N–H and O–H groups in total. The molecule has 2 amide bonds. The quantitative estimate of drug-likeness (QED) is 0.527. The summed E-state index contributed by atoms with van der Waals surface area (Å²) in [5, 5.41) is 2.84. The van der Waals surface area contributed by atoms with E-state index in [0.717, 1.165) is 5.75 Å². The van der Waals surface area contributed by atoms with Gasteiger partial charge in [-0.1, -0.05) is 29.8 Å². The number of carbonyl (C=O) groups is 1. The summed E-state index contributed by atoms with van der Waals surface area (Å²) in [6, 6.07) is 13.8. The van der Waals surface area contributed by atoms with E-state index in [4.69, 9.17) is 21.1 Å². The molecule has 1 fully saturated rings. The van der Waals surface area contributed by atoms with Gasteiger partial charge in [0, 0.05) is 44.7 Å². The Balaban J connectivity index is 1.20. The van der Waals surface area contributed by atoms with E-state index < -0.39 is 0 Å². The van der Waals surface area contributed by atoms with Crippen LogP contribution in [0.2, 0.25) is 5.15 Å². The second-order valence-electron chi connectivity index (χ2n) is 7.59. The highest BCUT2D eigenvalue weighted by molar-refractivity contribution is 6.32. The number of nitrogens with zero attached hydrogens (tertiary/aromatic N) is 3. The van der Waals surface area contributed by atoms with Crippen LogP contribution >= 0.6 is 11.6 Å². The summed E-state index contributed by atoms with van der Waals surface area (Å²) in [5.74, 6) is 1.48. The standard InChI is InChI=1S/C24H24ClFN4O3/c25-22-23(28-13-12-27-22)29-24(31)30-14-9-20(10-15-30)33-19-7-5-18(6-8-19)32-16-11-17-3-1-2-4-21(17)26/h1-8,12-13,20H,9-11,14-16H2,(H,28,29,31). The monoisotopic (exact) mass is 470 g/mol. The van der Waals surface area contributed by atoms with Crippen molar-refractivity contribution < 1.29 is 18.7 Å². The lowest BCUT2D eigenvalue weighted by atomic mass is 10.1. The van der Waals surface area contributed by atoms with Gasteiger partial charge in [-0.2, -0.15) is 0 Å². The highest BCUT2D eigenvalue weighted by Gasteiger charge is 2.24. The number of rotatable bonds is 7. The van der Waals surface area contributed by atoms with Crippen LogP contribution in [0.4, 0.5) is 15.0 Å².